The Morgan fingerprint density at radius 3 is 2.56 bits per heavy atom. The molecule has 0 unspecified atom stereocenters. The van der Waals surface area contributed by atoms with Crippen molar-refractivity contribution in [3.63, 3.8) is 0 Å². The average Bonchev–Trinajstić information content (AvgIpc) is 2.13. The fourth-order valence-electron chi connectivity index (χ4n) is 1.26. The van der Waals surface area contributed by atoms with Crippen LogP contribution in [-0.4, -0.2) is 34.0 Å². The summed E-state index contributed by atoms with van der Waals surface area (Å²) < 4.78 is 22.1. The van der Waals surface area contributed by atoms with Gasteiger partial charge in [0.15, 0.2) is 0 Å². The largest absolute Gasteiger partial charge is 0.399 e. The van der Waals surface area contributed by atoms with Crippen molar-refractivity contribution in [2.45, 2.75) is 0 Å². The maximum atomic E-state index is 11.0. The highest BCUT2D eigenvalue weighted by Crippen LogP contribution is 2.26. The molecule has 0 spiro atoms. The van der Waals surface area contributed by atoms with Crippen LogP contribution in [0.15, 0.2) is 18.2 Å². The lowest BCUT2D eigenvalue weighted by atomic mass is 10.2. The molecule has 1 aromatic rings. The summed E-state index contributed by atoms with van der Waals surface area (Å²) in [5.41, 5.74) is 6.94. The van der Waals surface area contributed by atoms with Gasteiger partial charge in [0.1, 0.15) is 9.84 Å². The van der Waals surface area contributed by atoms with E-state index in [0.717, 1.165) is 5.69 Å². The van der Waals surface area contributed by atoms with Gasteiger partial charge in [-0.2, -0.15) is 0 Å². The fourth-order valence-corrected chi connectivity index (χ4v) is 2.19. The van der Waals surface area contributed by atoms with Gasteiger partial charge in [0.05, 0.1) is 16.5 Å². The predicted molar refractivity (Wildman–Crippen MR) is 68.8 cm³/mol. The van der Waals surface area contributed by atoms with Crippen LogP contribution < -0.4 is 10.6 Å². The normalized spacial score (nSPS) is 11.4. The minimum atomic E-state index is -2.96. The minimum absolute atomic E-state index is 0.101. The minimum Gasteiger partial charge on any atom is -0.399 e. The molecule has 0 radical (unpaired) electrons. The van der Waals surface area contributed by atoms with Crippen LogP contribution in [0, 0.1) is 0 Å². The van der Waals surface area contributed by atoms with E-state index in [1.165, 1.54) is 6.26 Å². The molecule has 0 bridgehead atoms. The van der Waals surface area contributed by atoms with E-state index in [2.05, 4.69) is 0 Å². The molecule has 0 amide bonds. The van der Waals surface area contributed by atoms with Crippen LogP contribution in [0.3, 0.4) is 0 Å². The summed E-state index contributed by atoms with van der Waals surface area (Å²) in [7, 11) is -1.16. The fraction of sp³-hybridized carbons (Fsp3) is 0.400. The zero-order valence-corrected chi connectivity index (χ0v) is 10.8. The quantitative estimate of drug-likeness (QED) is 0.834. The first kappa shape index (κ1) is 13.1. The zero-order chi connectivity index (χ0) is 12.3. The molecule has 1 aromatic carbocycles. The summed E-state index contributed by atoms with van der Waals surface area (Å²) in [5.74, 6) is 0.101. The van der Waals surface area contributed by atoms with Gasteiger partial charge in [-0.25, -0.2) is 8.42 Å². The second-order valence-electron chi connectivity index (χ2n) is 3.76. The molecule has 0 atom stereocenters. The number of nitrogens with two attached hydrogens (primary N) is 1. The van der Waals surface area contributed by atoms with Crippen molar-refractivity contribution in [3.8, 4) is 0 Å². The van der Waals surface area contributed by atoms with Gasteiger partial charge in [0, 0.05) is 25.5 Å². The van der Waals surface area contributed by atoms with Gasteiger partial charge < -0.3 is 10.6 Å². The summed E-state index contributed by atoms with van der Waals surface area (Å²) in [6.45, 7) is 0.405. The molecule has 0 heterocycles. The van der Waals surface area contributed by atoms with Crippen LogP contribution in [0.5, 0.6) is 0 Å². The highest BCUT2D eigenvalue weighted by atomic mass is 35.5. The molecule has 0 saturated heterocycles. The summed E-state index contributed by atoms with van der Waals surface area (Å²) in [5, 5.41) is 0.524. The standard InChI is InChI=1S/C10H15ClN2O2S/c1-13(5-6-16(2,14)15)10-4-3-8(12)7-9(10)11/h3-4,7H,5-6,12H2,1-2H3. The molecule has 0 aromatic heterocycles. The number of rotatable bonds is 4. The Morgan fingerprint density at radius 1 is 1.44 bits per heavy atom. The molecule has 2 N–H and O–H groups in total. The topological polar surface area (TPSA) is 63.4 Å². The highest BCUT2D eigenvalue weighted by molar-refractivity contribution is 7.90. The first-order chi connectivity index (χ1) is 7.29. The lowest BCUT2D eigenvalue weighted by Crippen LogP contribution is -2.25. The average molecular weight is 263 g/mol. The van der Waals surface area contributed by atoms with Crippen LogP contribution >= 0.6 is 11.6 Å². The van der Waals surface area contributed by atoms with Crippen molar-refractivity contribution < 1.29 is 8.42 Å². The lowest BCUT2D eigenvalue weighted by Gasteiger charge is -2.20. The van der Waals surface area contributed by atoms with E-state index in [1.807, 2.05) is 0 Å². The third-order valence-corrected chi connectivity index (χ3v) is 3.41. The van der Waals surface area contributed by atoms with E-state index < -0.39 is 9.84 Å². The van der Waals surface area contributed by atoms with Crippen molar-refractivity contribution >= 4 is 32.8 Å². The van der Waals surface area contributed by atoms with Gasteiger partial charge in [-0.15, -0.1) is 0 Å². The molecule has 4 nitrogen and oxygen atoms in total. The van der Waals surface area contributed by atoms with Crippen LogP contribution in [0.4, 0.5) is 11.4 Å². The molecule has 90 valence electrons. The van der Waals surface area contributed by atoms with E-state index in [4.69, 9.17) is 17.3 Å². The van der Waals surface area contributed by atoms with Gasteiger partial charge >= 0.3 is 0 Å². The Labute approximate surface area is 101 Å². The van der Waals surface area contributed by atoms with Crippen LogP contribution in [-0.2, 0) is 9.84 Å². The van der Waals surface area contributed by atoms with Crippen LogP contribution in [0.2, 0.25) is 5.02 Å². The molecule has 1 rings (SSSR count). The van der Waals surface area contributed by atoms with E-state index in [1.54, 1.807) is 30.1 Å². The third-order valence-electron chi connectivity index (χ3n) is 2.18. The van der Waals surface area contributed by atoms with Gasteiger partial charge in [-0.3, -0.25) is 0 Å². The summed E-state index contributed by atoms with van der Waals surface area (Å²) in [4.78, 5) is 1.79. The summed E-state index contributed by atoms with van der Waals surface area (Å²) in [6.07, 6.45) is 1.21. The smallest absolute Gasteiger partial charge is 0.149 e. The van der Waals surface area contributed by atoms with Gasteiger partial charge in [-0.05, 0) is 18.2 Å². The van der Waals surface area contributed by atoms with Crippen molar-refractivity contribution in [3.05, 3.63) is 23.2 Å². The molecule has 0 saturated carbocycles. The van der Waals surface area contributed by atoms with E-state index in [-0.39, 0.29) is 5.75 Å². The number of hydrogen-bond donors (Lipinski definition) is 1. The molecule has 16 heavy (non-hydrogen) atoms. The highest BCUT2D eigenvalue weighted by Gasteiger charge is 2.09. The number of nitrogen functional groups attached to an aromatic ring is 1. The van der Waals surface area contributed by atoms with Crippen LogP contribution in [0.25, 0.3) is 0 Å². The number of hydrogen-bond acceptors (Lipinski definition) is 4. The SMILES string of the molecule is CN(CCS(C)(=O)=O)c1ccc(N)cc1Cl. The molecule has 0 aliphatic heterocycles. The third kappa shape index (κ3) is 3.90. The van der Waals surface area contributed by atoms with Gasteiger partial charge in [0.25, 0.3) is 0 Å². The van der Waals surface area contributed by atoms with Gasteiger partial charge in [-0.1, -0.05) is 11.6 Å². The van der Waals surface area contributed by atoms with E-state index >= 15 is 0 Å². The van der Waals surface area contributed by atoms with Crippen molar-refractivity contribution in [1.29, 1.82) is 0 Å². The molecule has 6 heteroatoms. The maximum absolute atomic E-state index is 11.0. The predicted octanol–water partition coefficient (Wildman–Crippen LogP) is 1.40. The van der Waals surface area contributed by atoms with Gasteiger partial charge in [0.2, 0.25) is 0 Å². The Bertz CT molecular complexity index is 474. The monoisotopic (exact) mass is 262 g/mol. The Morgan fingerprint density at radius 2 is 2.06 bits per heavy atom. The van der Waals surface area contributed by atoms with E-state index in [0.29, 0.717) is 17.3 Å². The Kier molecular flexibility index (Phi) is 4.04. The number of nitrogens with zero attached hydrogens (tertiary/aromatic N) is 1. The molecule has 0 aliphatic carbocycles. The Hall–Kier alpha value is -0.940. The second-order valence-corrected chi connectivity index (χ2v) is 6.43. The number of benzene rings is 1. The zero-order valence-electron chi connectivity index (χ0n) is 9.27. The van der Waals surface area contributed by atoms with E-state index in [9.17, 15) is 8.42 Å². The van der Waals surface area contributed by atoms with Crippen molar-refractivity contribution in [1.82, 2.24) is 0 Å². The molecular weight excluding hydrogens is 248 g/mol. The Balaban J connectivity index is 2.77. The second kappa shape index (κ2) is 4.93. The van der Waals surface area contributed by atoms with Crippen LogP contribution in [0.1, 0.15) is 0 Å². The summed E-state index contributed by atoms with van der Waals surface area (Å²) in [6, 6.07) is 5.16. The first-order valence-corrected chi connectivity index (χ1v) is 7.17. The number of sulfone groups is 1. The lowest BCUT2D eigenvalue weighted by molar-refractivity contribution is 0.601. The first-order valence-electron chi connectivity index (χ1n) is 4.73. The van der Waals surface area contributed by atoms with Crippen molar-refractivity contribution in [2.75, 3.05) is 36.2 Å². The maximum Gasteiger partial charge on any atom is 0.149 e. The molecule has 0 fully saturated rings. The number of anilines is 2. The number of halogens is 1. The van der Waals surface area contributed by atoms with Crippen molar-refractivity contribution in [2.24, 2.45) is 0 Å². The molecular formula is C10H15ClN2O2S. The molecule has 0 aliphatic rings. The summed E-state index contributed by atoms with van der Waals surface area (Å²) >= 11 is 6.00.